The van der Waals surface area contributed by atoms with E-state index < -0.39 is 9.84 Å². The van der Waals surface area contributed by atoms with Crippen LogP contribution in [0.3, 0.4) is 0 Å². The number of hydrogen-bond donors (Lipinski definition) is 1. The van der Waals surface area contributed by atoms with Gasteiger partial charge in [0.15, 0.2) is 9.84 Å². The first-order valence-electron chi connectivity index (χ1n) is 10.5. The minimum Gasteiger partial charge on any atom is -0.330 e. The molecule has 2 heterocycles. The normalized spacial score (nSPS) is 17.1. The molecule has 0 atom stereocenters. The maximum absolute atomic E-state index is 12.7. The van der Waals surface area contributed by atoms with E-state index in [0.717, 1.165) is 22.3 Å². The van der Waals surface area contributed by atoms with Gasteiger partial charge in [-0.1, -0.05) is 66.2 Å². The fraction of sp³-hybridized carbons (Fsp3) is 0.292. The van der Waals surface area contributed by atoms with Crippen molar-refractivity contribution < 1.29 is 13.2 Å². The smallest absolute Gasteiger partial charge is 0.278 e. The second kappa shape index (κ2) is 9.84. The summed E-state index contributed by atoms with van der Waals surface area (Å²) < 4.78 is 25.5. The molecule has 0 aliphatic carbocycles. The Kier molecular flexibility index (Phi) is 7.26. The third-order valence-electron chi connectivity index (χ3n) is 5.99. The van der Waals surface area contributed by atoms with E-state index in [1.807, 2.05) is 54.6 Å². The van der Waals surface area contributed by atoms with E-state index in [-0.39, 0.29) is 11.3 Å². The van der Waals surface area contributed by atoms with Gasteiger partial charge in [-0.3, -0.25) is 9.69 Å². The molecule has 5 nitrogen and oxygen atoms in total. The van der Waals surface area contributed by atoms with Crippen LogP contribution in [0.15, 0.2) is 70.7 Å². The van der Waals surface area contributed by atoms with Gasteiger partial charge in [-0.15, -0.1) is 0 Å². The molecule has 1 fully saturated rings. The molecule has 0 aromatic heterocycles. The van der Waals surface area contributed by atoms with Crippen molar-refractivity contribution in [2.45, 2.75) is 12.5 Å². The standard InChI is InChI=1S/C24H24Cl2N2O3S2/c1-33(30,31)23(18-10-12-27(13-11-18)24(29)32)19-14-28(15-19)22(16-2-6-20(25)7-3-16)17-4-8-21(26)9-5-17/h2-10,22H,11-15H2,1H3,(H,29,32). The Balaban J connectivity index is 1.65. The van der Waals surface area contributed by atoms with Gasteiger partial charge in [0.05, 0.1) is 10.9 Å². The summed E-state index contributed by atoms with van der Waals surface area (Å²) in [4.78, 5) is 15.7. The van der Waals surface area contributed by atoms with Crippen LogP contribution in [-0.2, 0) is 9.84 Å². The largest absolute Gasteiger partial charge is 0.330 e. The van der Waals surface area contributed by atoms with Crippen molar-refractivity contribution in [1.29, 1.82) is 0 Å². The third-order valence-corrected chi connectivity index (χ3v) is 8.07. The predicted octanol–water partition coefficient (Wildman–Crippen LogP) is 5.38. The molecule has 2 aromatic rings. The van der Waals surface area contributed by atoms with Gasteiger partial charge in [0, 0.05) is 42.5 Å². The van der Waals surface area contributed by atoms with Crippen molar-refractivity contribution in [3.05, 3.63) is 91.8 Å². The van der Waals surface area contributed by atoms with Gasteiger partial charge >= 0.3 is 0 Å². The van der Waals surface area contributed by atoms with Crippen LogP contribution in [0.25, 0.3) is 0 Å². The van der Waals surface area contributed by atoms with Gasteiger partial charge in [-0.05, 0) is 53.0 Å². The van der Waals surface area contributed by atoms with Crippen LogP contribution in [0, 0.1) is 0 Å². The molecule has 0 saturated carbocycles. The summed E-state index contributed by atoms with van der Waals surface area (Å²) in [5.74, 6) is 0. The Morgan fingerprint density at radius 3 is 1.88 bits per heavy atom. The topological polar surface area (TPSA) is 57.7 Å². The van der Waals surface area contributed by atoms with Crippen LogP contribution in [0.1, 0.15) is 23.6 Å². The lowest BCUT2D eigenvalue weighted by molar-refractivity contribution is 0.200. The van der Waals surface area contributed by atoms with Crippen molar-refractivity contribution in [3.8, 4) is 0 Å². The number of nitrogens with zero attached hydrogens (tertiary/aromatic N) is 2. The van der Waals surface area contributed by atoms with Gasteiger partial charge in [0.25, 0.3) is 5.24 Å². The molecule has 0 radical (unpaired) electrons. The zero-order valence-corrected chi connectivity index (χ0v) is 21.3. The number of sulfone groups is 1. The minimum atomic E-state index is -3.42. The van der Waals surface area contributed by atoms with E-state index in [4.69, 9.17) is 23.2 Å². The molecule has 0 bridgehead atoms. The molecule has 1 amide bonds. The van der Waals surface area contributed by atoms with Gasteiger partial charge in [-0.2, -0.15) is 0 Å². The van der Waals surface area contributed by atoms with Gasteiger partial charge in [0.1, 0.15) is 0 Å². The van der Waals surface area contributed by atoms with E-state index >= 15 is 0 Å². The SMILES string of the molecule is CS(=O)(=O)C(C1=CCN(C(=O)S)CC1)=C1CN(C(c2ccc(Cl)cc2)c2ccc(Cl)cc2)C1. The quantitative estimate of drug-likeness (QED) is 0.535. The number of thiol groups is 1. The molecule has 174 valence electrons. The molecule has 2 aliphatic heterocycles. The van der Waals surface area contributed by atoms with Crippen LogP contribution < -0.4 is 0 Å². The molecule has 1 saturated heterocycles. The highest BCUT2D eigenvalue weighted by atomic mass is 35.5. The molecule has 0 spiro atoms. The fourth-order valence-electron chi connectivity index (χ4n) is 4.45. The Labute approximate surface area is 210 Å². The first-order valence-corrected chi connectivity index (χ1v) is 13.6. The van der Waals surface area contributed by atoms with E-state index in [1.165, 1.54) is 6.26 Å². The van der Waals surface area contributed by atoms with Gasteiger partial charge < -0.3 is 4.90 Å². The lowest BCUT2D eigenvalue weighted by Crippen LogP contribution is -2.44. The average Bonchev–Trinajstić information content (AvgIpc) is 2.73. The second-order valence-corrected chi connectivity index (χ2v) is 11.5. The lowest BCUT2D eigenvalue weighted by atomic mass is 9.91. The van der Waals surface area contributed by atoms with Gasteiger partial charge in [0.2, 0.25) is 0 Å². The highest BCUT2D eigenvalue weighted by Crippen LogP contribution is 2.38. The summed E-state index contributed by atoms with van der Waals surface area (Å²) in [6.07, 6.45) is 3.58. The third kappa shape index (κ3) is 5.49. The van der Waals surface area contributed by atoms with Crippen LogP contribution in [0.2, 0.25) is 10.0 Å². The molecular weight excluding hydrogens is 499 g/mol. The van der Waals surface area contributed by atoms with Crippen LogP contribution in [-0.4, -0.2) is 55.9 Å². The Morgan fingerprint density at radius 1 is 0.970 bits per heavy atom. The van der Waals surface area contributed by atoms with Crippen molar-refractivity contribution in [2.75, 3.05) is 32.4 Å². The summed E-state index contributed by atoms with van der Waals surface area (Å²) in [5, 5.41) is 1.02. The number of carbonyl (C=O) groups is 1. The number of rotatable bonds is 5. The summed E-state index contributed by atoms with van der Waals surface area (Å²) in [6, 6.07) is 15.4. The molecule has 2 aromatic carbocycles. The molecule has 9 heteroatoms. The Bertz CT molecular complexity index is 1170. The van der Waals surface area contributed by atoms with E-state index in [2.05, 4.69) is 17.5 Å². The molecule has 0 unspecified atom stereocenters. The van der Waals surface area contributed by atoms with Crippen molar-refractivity contribution in [1.82, 2.24) is 9.80 Å². The van der Waals surface area contributed by atoms with E-state index in [1.54, 1.807) is 4.90 Å². The molecule has 2 aliphatic rings. The first-order chi connectivity index (χ1) is 15.6. The highest BCUT2D eigenvalue weighted by Gasteiger charge is 2.35. The van der Waals surface area contributed by atoms with Crippen molar-refractivity contribution >= 4 is 50.9 Å². The maximum Gasteiger partial charge on any atom is 0.278 e. The molecule has 0 N–H and O–H groups in total. The summed E-state index contributed by atoms with van der Waals surface area (Å²) in [5.41, 5.74) is 3.82. The number of benzene rings is 2. The maximum atomic E-state index is 12.7. The summed E-state index contributed by atoms with van der Waals surface area (Å²) in [6.45, 7) is 1.89. The van der Waals surface area contributed by atoms with Gasteiger partial charge in [-0.25, -0.2) is 8.42 Å². The average molecular weight is 524 g/mol. The zero-order valence-electron chi connectivity index (χ0n) is 18.0. The van der Waals surface area contributed by atoms with Crippen LogP contribution >= 0.6 is 35.8 Å². The summed E-state index contributed by atoms with van der Waals surface area (Å²) >= 11 is 16.1. The number of amides is 1. The minimum absolute atomic E-state index is 0.0540. The number of halogens is 2. The fourth-order valence-corrected chi connectivity index (χ4v) is 6.20. The number of allylic oxidation sites excluding steroid dienone is 1. The predicted molar refractivity (Wildman–Crippen MR) is 137 cm³/mol. The zero-order chi connectivity index (χ0) is 23.8. The van der Waals surface area contributed by atoms with Crippen LogP contribution in [0.4, 0.5) is 4.79 Å². The van der Waals surface area contributed by atoms with E-state index in [0.29, 0.717) is 47.6 Å². The van der Waals surface area contributed by atoms with E-state index in [9.17, 15) is 13.2 Å². The second-order valence-electron chi connectivity index (χ2n) is 8.32. The van der Waals surface area contributed by atoms with Crippen LogP contribution in [0.5, 0.6) is 0 Å². The summed E-state index contributed by atoms with van der Waals surface area (Å²) in [7, 11) is -3.42. The molecule has 4 rings (SSSR count). The lowest BCUT2D eigenvalue weighted by Gasteiger charge is -2.42. The Hall–Kier alpha value is -1.77. The number of hydrogen-bond acceptors (Lipinski definition) is 4. The van der Waals surface area contributed by atoms with Crippen molar-refractivity contribution in [3.63, 3.8) is 0 Å². The monoisotopic (exact) mass is 522 g/mol. The molecule has 33 heavy (non-hydrogen) atoms. The van der Waals surface area contributed by atoms with Crippen molar-refractivity contribution in [2.24, 2.45) is 0 Å². The Morgan fingerprint density at radius 2 is 1.48 bits per heavy atom. The number of carbonyl (C=O) groups excluding carboxylic acids is 1. The molecular formula is C24H24Cl2N2O3S2. The highest BCUT2D eigenvalue weighted by molar-refractivity contribution is 7.96. The number of likely N-dealkylation sites (tertiary alicyclic amines) is 1. The first kappa shape index (κ1) is 24.4.